The highest BCUT2D eigenvalue weighted by Gasteiger charge is 2.30. The van der Waals surface area contributed by atoms with Gasteiger partial charge >= 0.3 is 6.18 Å². The Kier molecular flexibility index (Phi) is 5.00. The number of rotatable bonds is 3. The van der Waals surface area contributed by atoms with Crippen molar-refractivity contribution in [1.29, 1.82) is 5.26 Å². The van der Waals surface area contributed by atoms with Crippen molar-refractivity contribution < 1.29 is 23.1 Å². The van der Waals surface area contributed by atoms with E-state index in [1.807, 2.05) is 0 Å². The van der Waals surface area contributed by atoms with Crippen molar-refractivity contribution in [3.05, 3.63) is 41.2 Å². The lowest BCUT2D eigenvalue weighted by molar-refractivity contribution is -0.137. The minimum Gasteiger partial charge on any atom is -0.509 e. The highest BCUT2D eigenvalue weighted by Crippen LogP contribution is 2.29. The first-order valence-electron chi connectivity index (χ1n) is 5.16. The zero-order valence-electron chi connectivity index (χ0n) is 9.83. The molecule has 1 amide bonds. The summed E-state index contributed by atoms with van der Waals surface area (Å²) >= 11 is 5.28. The lowest BCUT2D eigenvalue weighted by Gasteiger charge is -2.08. The number of nitrogens with zero attached hydrogens (tertiary/aromatic N) is 1. The highest BCUT2D eigenvalue weighted by molar-refractivity contribution is 6.20. The van der Waals surface area contributed by atoms with Crippen molar-refractivity contribution in [2.45, 2.75) is 6.18 Å². The second-order valence-electron chi connectivity index (χ2n) is 3.60. The Balaban J connectivity index is 2.90. The number of nitrogens with one attached hydrogen (secondary N) is 1. The molecule has 0 aliphatic carbocycles. The van der Waals surface area contributed by atoms with Gasteiger partial charge in [-0.15, -0.1) is 11.6 Å². The summed E-state index contributed by atoms with van der Waals surface area (Å²) in [4.78, 5) is 11.6. The summed E-state index contributed by atoms with van der Waals surface area (Å²) in [5.74, 6) is -1.99. The average Bonchev–Trinajstić information content (AvgIpc) is 2.38. The van der Waals surface area contributed by atoms with Crippen LogP contribution >= 0.6 is 11.6 Å². The van der Waals surface area contributed by atoms with Crippen molar-refractivity contribution in [1.82, 2.24) is 0 Å². The highest BCUT2D eigenvalue weighted by atomic mass is 35.5. The summed E-state index contributed by atoms with van der Waals surface area (Å²) in [5, 5.41) is 20.1. The van der Waals surface area contributed by atoms with Crippen LogP contribution in [0.1, 0.15) is 5.56 Å². The zero-order valence-corrected chi connectivity index (χ0v) is 10.6. The van der Waals surface area contributed by atoms with Crippen LogP contribution in [0.15, 0.2) is 35.6 Å². The van der Waals surface area contributed by atoms with E-state index in [0.717, 1.165) is 24.3 Å². The largest absolute Gasteiger partial charge is 0.509 e. The van der Waals surface area contributed by atoms with Crippen LogP contribution in [-0.2, 0) is 11.0 Å². The molecule has 0 aromatic heterocycles. The molecule has 20 heavy (non-hydrogen) atoms. The predicted octanol–water partition coefficient (Wildman–Crippen LogP) is 3.22. The monoisotopic (exact) mass is 304 g/mol. The predicted molar refractivity (Wildman–Crippen MR) is 66.1 cm³/mol. The van der Waals surface area contributed by atoms with Crippen molar-refractivity contribution in [3.63, 3.8) is 0 Å². The van der Waals surface area contributed by atoms with E-state index >= 15 is 0 Å². The van der Waals surface area contributed by atoms with Gasteiger partial charge in [0.15, 0.2) is 5.57 Å². The summed E-state index contributed by atoms with van der Waals surface area (Å²) in [6.07, 6.45) is -4.48. The molecular weight excluding hydrogens is 297 g/mol. The number of anilines is 1. The van der Waals surface area contributed by atoms with Crippen LogP contribution in [0.25, 0.3) is 0 Å². The molecule has 0 saturated carbocycles. The van der Waals surface area contributed by atoms with Crippen LogP contribution < -0.4 is 5.32 Å². The molecule has 2 N–H and O–H groups in total. The molecule has 1 rings (SSSR count). The van der Waals surface area contributed by atoms with E-state index in [4.69, 9.17) is 16.9 Å². The van der Waals surface area contributed by atoms with Crippen LogP contribution in [0.5, 0.6) is 0 Å². The number of allylic oxidation sites excluding steroid dienone is 1. The Morgan fingerprint density at radius 3 is 2.30 bits per heavy atom. The van der Waals surface area contributed by atoms with Crippen LogP contribution in [0.2, 0.25) is 0 Å². The molecule has 0 atom stereocenters. The molecular formula is C12H8ClF3N2O2. The second-order valence-corrected chi connectivity index (χ2v) is 3.86. The fraction of sp³-hybridized carbons (Fsp3) is 0.167. The Morgan fingerprint density at radius 2 is 1.90 bits per heavy atom. The Labute approximate surface area is 117 Å². The molecule has 0 bridgehead atoms. The lowest BCUT2D eigenvalue weighted by Crippen LogP contribution is -2.16. The number of alkyl halides is 4. The molecule has 0 aliphatic heterocycles. The Hall–Kier alpha value is -2.20. The fourth-order valence-electron chi connectivity index (χ4n) is 1.25. The third-order valence-corrected chi connectivity index (χ3v) is 2.48. The van der Waals surface area contributed by atoms with Gasteiger partial charge in [0.05, 0.1) is 11.4 Å². The molecule has 0 radical (unpaired) electrons. The molecule has 0 aliphatic rings. The zero-order chi connectivity index (χ0) is 15.3. The Morgan fingerprint density at radius 1 is 1.35 bits per heavy atom. The maximum absolute atomic E-state index is 12.3. The number of benzene rings is 1. The van der Waals surface area contributed by atoms with E-state index in [-0.39, 0.29) is 5.69 Å². The van der Waals surface area contributed by atoms with Crippen LogP contribution in [0, 0.1) is 11.3 Å². The van der Waals surface area contributed by atoms with Gasteiger partial charge in [0.25, 0.3) is 5.91 Å². The molecule has 1 aromatic carbocycles. The van der Waals surface area contributed by atoms with E-state index < -0.39 is 34.9 Å². The number of halogens is 4. The van der Waals surface area contributed by atoms with Gasteiger partial charge in [0.2, 0.25) is 0 Å². The van der Waals surface area contributed by atoms with Crippen LogP contribution in [0.3, 0.4) is 0 Å². The first-order chi connectivity index (χ1) is 9.29. The van der Waals surface area contributed by atoms with Gasteiger partial charge in [-0.25, -0.2) is 0 Å². The standard InChI is InChI=1S/C12H8ClF3N2O2/c13-5-10(19)9(6-17)11(20)18-8-3-1-7(2-4-8)12(14,15)16/h1-4,19H,5H2,(H,18,20)/b10-9-. The first-order valence-corrected chi connectivity index (χ1v) is 5.69. The summed E-state index contributed by atoms with van der Waals surface area (Å²) in [5.41, 5.74) is -1.41. The minimum atomic E-state index is -4.48. The fourth-order valence-corrected chi connectivity index (χ4v) is 1.38. The molecule has 0 heterocycles. The van der Waals surface area contributed by atoms with Gasteiger partial charge in [0.1, 0.15) is 11.8 Å². The molecule has 0 spiro atoms. The smallest absolute Gasteiger partial charge is 0.416 e. The Bertz CT molecular complexity index is 574. The van der Waals surface area contributed by atoms with Gasteiger partial charge in [-0.3, -0.25) is 4.79 Å². The van der Waals surface area contributed by atoms with Gasteiger partial charge in [-0.2, -0.15) is 18.4 Å². The molecule has 4 nitrogen and oxygen atoms in total. The number of aliphatic hydroxyl groups is 1. The quantitative estimate of drug-likeness (QED) is 0.390. The number of hydrogen-bond donors (Lipinski definition) is 2. The maximum Gasteiger partial charge on any atom is 0.416 e. The topological polar surface area (TPSA) is 73.1 Å². The van der Waals surface area contributed by atoms with Crippen LogP contribution in [-0.4, -0.2) is 16.9 Å². The normalized spacial score (nSPS) is 12.3. The van der Waals surface area contributed by atoms with E-state index in [1.54, 1.807) is 0 Å². The van der Waals surface area contributed by atoms with Crippen molar-refractivity contribution in [2.75, 3.05) is 11.2 Å². The number of nitriles is 1. The summed E-state index contributed by atoms with van der Waals surface area (Å²) in [6, 6.07) is 5.10. The van der Waals surface area contributed by atoms with Crippen molar-refractivity contribution >= 4 is 23.2 Å². The molecule has 0 fully saturated rings. The molecule has 1 aromatic rings. The molecule has 8 heteroatoms. The number of carbonyl (C=O) groups excluding carboxylic acids is 1. The summed E-state index contributed by atoms with van der Waals surface area (Å²) in [7, 11) is 0. The summed E-state index contributed by atoms with van der Waals surface area (Å²) < 4.78 is 37.0. The van der Waals surface area contributed by atoms with Crippen molar-refractivity contribution in [3.8, 4) is 6.07 Å². The van der Waals surface area contributed by atoms with E-state index in [2.05, 4.69) is 5.32 Å². The van der Waals surface area contributed by atoms with E-state index in [9.17, 15) is 23.1 Å². The molecule has 106 valence electrons. The van der Waals surface area contributed by atoms with E-state index in [1.165, 1.54) is 6.07 Å². The maximum atomic E-state index is 12.3. The van der Waals surface area contributed by atoms with Gasteiger partial charge in [0, 0.05) is 5.69 Å². The third kappa shape index (κ3) is 3.90. The SMILES string of the molecule is N#C/C(C(=O)Nc1ccc(C(F)(F)F)cc1)=C(/O)CCl. The average molecular weight is 305 g/mol. The van der Waals surface area contributed by atoms with Gasteiger partial charge in [-0.1, -0.05) is 0 Å². The second kappa shape index (κ2) is 6.30. The summed E-state index contributed by atoms with van der Waals surface area (Å²) in [6.45, 7) is 0. The number of hydrogen-bond acceptors (Lipinski definition) is 3. The number of carbonyl (C=O) groups is 1. The van der Waals surface area contributed by atoms with Crippen LogP contribution in [0.4, 0.5) is 18.9 Å². The first kappa shape index (κ1) is 15.9. The third-order valence-electron chi connectivity index (χ3n) is 2.22. The number of aliphatic hydroxyl groups excluding tert-OH is 1. The van der Waals surface area contributed by atoms with Crippen molar-refractivity contribution in [2.24, 2.45) is 0 Å². The lowest BCUT2D eigenvalue weighted by atomic mass is 10.2. The minimum absolute atomic E-state index is 0.0538. The van der Waals surface area contributed by atoms with Gasteiger partial charge in [-0.05, 0) is 24.3 Å². The molecule has 0 unspecified atom stereocenters. The molecule has 0 saturated heterocycles. The number of amides is 1. The van der Waals surface area contributed by atoms with Gasteiger partial charge < -0.3 is 10.4 Å². The van der Waals surface area contributed by atoms with E-state index in [0.29, 0.717) is 0 Å².